The van der Waals surface area contributed by atoms with Gasteiger partial charge < -0.3 is 5.32 Å². The topological polar surface area (TPSA) is 93.2 Å². The molecule has 0 atom stereocenters. The Bertz CT molecular complexity index is 1020. The summed E-state index contributed by atoms with van der Waals surface area (Å²) in [6, 6.07) is 6.66. The minimum absolute atomic E-state index is 0.0482. The number of thiazole rings is 1. The van der Waals surface area contributed by atoms with Crippen molar-refractivity contribution < 1.29 is 16.8 Å². The van der Waals surface area contributed by atoms with Gasteiger partial charge in [-0.15, -0.1) is 0 Å². The Morgan fingerprint density at radius 2 is 1.71 bits per heavy atom. The van der Waals surface area contributed by atoms with E-state index in [9.17, 15) is 16.8 Å². The number of rotatable bonds is 7. The lowest BCUT2D eigenvalue weighted by Crippen LogP contribution is -2.22. The molecule has 0 unspecified atom stereocenters. The van der Waals surface area contributed by atoms with Crippen LogP contribution in [0.1, 0.15) is 51.0 Å². The van der Waals surface area contributed by atoms with Crippen LogP contribution in [0.15, 0.2) is 38.5 Å². The number of sulfone groups is 2. The molecule has 1 N–H and O–H groups in total. The average molecular weight is 443 g/mol. The highest BCUT2D eigenvalue weighted by Gasteiger charge is 2.31. The molecule has 0 radical (unpaired) electrons. The highest BCUT2D eigenvalue weighted by Crippen LogP contribution is 2.37. The molecule has 0 aliphatic heterocycles. The maximum absolute atomic E-state index is 13.2. The lowest BCUT2D eigenvalue weighted by atomic mass is 9.96. The maximum Gasteiger partial charge on any atom is 0.226 e. The van der Waals surface area contributed by atoms with Gasteiger partial charge >= 0.3 is 0 Å². The van der Waals surface area contributed by atoms with E-state index in [2.05, 4.69) is 10.3 Å². The second kappa shape index (κ2) is 8.51. The lowest BCUT2D eigenvalue weighted by Gasteiger charge is -2.23. The molecular weight excluding hydrogens is 416 g/mol. The summed E-state index contributed by atoms with van der Waals surface area (Å²) in [5, 5.41) is 3.44. The molecule has 1 aliphatic rings. The standard InChI is InChI=1S/C19H26N2O4S3/c1-3-13-27(22,23)19-21-18(17(26-19)20-15-7-5-4-6-8-15)28(24,25)16-11-9-14(2)10-12-16/h9-12,15,20H,3-8,13H2,1-2H3. The summed E-state index contributed by atoms with van der Waals surface area (Å²) in [5.41, 5.74) is 0.948. The normalized spacial score (nSPS) is 16.2. The van der Waals surface area contributed by atoms with E-state index in [-0.39, 0.29) is 26.1 Å². The molecule has 1 aliphatic carbocycles. The largest absolute Gasteiger partial charge is 0.372 e. The predicted molar refractivity (Wildman–Crippen MR) is 112 cm³/mol. The molecule has 6 nitrogen and oxygen atoms in total. The summed E-state index contributed by atoms with van der Waals surface area (Å²) in [6.45, 7) is 3.65. The fraction of sp³-hybridized carbons (Fsp3) is 0.526. The minimum Gasteiger partial charge on any atom is -0.372 e. The van der Waals surface area contributed by atoms with Crippen molar-refractivity contribution in [1.29, 1.82) is 0 Å². The number of hydrogen-bond donors (Lipinski definition) is 1. The van der Waals surface area contributed by atoms with Gasteiger partial charge in [0.1, 0.15) is 5.00 Å². The van der Waals surface area contributed by atoms with Gasteiger partial charge in [-0.1, -0.05) is 55.2 Å². The first-order valence-electron chi connectivity index (χ1n) is 9.56. The van der Waals surface area contributed by atoms with Crippen molar-refractivity contribution in [2.24, 2.45) is 0 Å². The highest BCUT2D eigenvalue weighted by atomic mass is 32.2. The summed E-state index contributed by atoms with van der Waals surface area (Å²) in [4.78, 5) is 4.24. The molecule has 3 rings (SSSR count). The summed E-state index contributed by atoms with van der Waals surface area (Å²) >= 11 is 0.935. The molecule has 1 saturated carbocycles. The molecular formula is C19H26N2O4S3. The van der Waals surface area contributed by atoms with Gasteiger partial charge in [-0.25, -0.2) is 21.8 Å². The smallest absolute Gasteiger partial charge is 0.226 e. The molecule has 28 heavy (non-hydrogen) atoms. The van der Waals surface area contributed by atoms with Gasteiger partial charge in [0.05, 0.1) is 10.6 Å². The molecule has 1 heterocycles. The Morgan fingerprint density at radius 3 is 2.32 bits per heavy atom. The number of nitrogens with one attached hydrogen (secondary N) is 1. The highest BCUT2D eigenvalue weighted by molar-refractivity contribution is 7.94. The first-order chi connectivity index (χ1) is 13.2. The van der Waals surface area contributed by atoms with E-state index in [4.69, 9.17) is 0 Å². The van der Waals surface area contributed by atoms with Gasteiger partial charge in [-0.05, 0) is 38.3 Å². The number of aromatic nitrogens is 1. The van der Waals surface area contributed by atoms with Crippen molar-refractivity contribution in [2.75, 3.05) is 11.1 Å². The van der Waals surface area contributed by atoms with Crippen LogP contribution in [0.3, 0.4) is 0 Å². The Labute approximate surface area is 171 Å². The molecule has 9 heteroatoms. The van der Waals surface area contributed by atoms with Gasteiger partial charge in [0.25, 0.3) is 0 Å². The third-order valence-electron chi connectivity index (χ3n) is 4.84. The van der Waals surface area contributed by atoms with Gasteiger partial charge in [0.15, 0.2) is 5.03 Å². The van der Waals surface area contributed by atoms with Gasteiger partial charge in [-0.3, -0.25) is 0 Å². The molecule has 0 bridgehead atoms. The van der Waals surface area contributed by atoms with E-state index >= 15 is 0 Å². The zero-order valence-corrected chi connectivity index (χ0v) is 18.6. The zero-order chi connectivity index (χ0) is 20.4. The van der Waals surface area contributed by atoms with Crippen molar-refractivity contribution in [2.45, 2.75) is 72.7 Å². The lowest BCUT2D eigenvalue weighted by molar-refractivity contribution is 0.462. The van der Waals surface area contributed by atoms with Crippen LogP contribution >= 0.6 is 11.3 Å². The molecule has 1 fully saturated rings. The van der Waals surface area contributed by atoms with Gasteiger partial charge in [0, 0.05) is 6.04 Å². The van der Waals surface area contributed by atoms with Crippen LogP contribution in [0.25, 0.3) is 0 Å². The second-order valence-corrected chi connectivity index (χ2v) is 12.4. The summed E-state index contributed by atoms with van der Waals surface area (Å²) in [7, 11) is -7.52. The second-order valence-electron chi connectivity index (χ2n) is 7.23. The minimum atomic E-state index is -3.92. The number of benzene rings is 1. The quantitative estimate of drug-likeness (QED) is 0.690. The fourth-order valence-corrected chi connectivity index (χ4v) is 7.73. The van der Waals surface area contributed by atoms with Crippen LogP contribution < -0.4 is 5.32 Å². The average Bonchev–Trinajstić information content (AvgIpc) is 3.08. The van der Waals surface area contributed by atoms with Crippen molar-refractivity contribution in [1.82, 2.24) is 4.98 Å². The van der Waals surface area contributed by atoms with Crippen molar-refractivity contribution in [3.63, 3.8) is 0 Å². The molecule has 2 aromatic rings. The van der Waals surface area contributed by atoms with Crippen LogP contribution in [0.2, 0.25) is 0 Å². The van der Waals surface area contributed by atoms with Gasteiger partial charge in [-0.2, -0.15) is 0 Å². The Morgan fingerprint density at radius 1 is 1.07 bits per heavy atom. The molecule has 1 aromatic heterocycles. The van der Waals surface area contributed by atoms with E-state index in [1.165, 1.54) is 18.6 Å². The van der Waals surface area contributed by atoms with E-state index < -0.39 is 19.7 Å². The van der Waals surface area contributed by atoms with E-state index in [0.717, 1.165) is 42.6 Å². The van der Waals surface area contributed by atoms with Crippen LogP contribution in [0, 0.1) is 6.92 Å². The van der Waals surface area contributed by atoms with E-state index in [1.54, 1.807) is 19.1 Å². The molecule has 0 amide bonds. The van der Waals surface area contributed by atoms with Crippen LogP contribution in [-0.2, 0) is 19.7 Å². The molecule has 0 spiro atoms. The van der Waals surface area contributed by atoms with Gasteiger partial charge in [0.2, 0.25) is 24.0 Å². The van der Waals surface area contributed by atoms with Crippen LogP contribution in [-0.4, -0.2) is 33.6 Å². The van der Waals surface area contributed by atoms with Crippen molar-refractivity contribution >= 4 is 36.0 Å². The third kappa shape index (κ3) is 4.58. The summed E-state index contributed by atoms with van der Waals surface area (Å²) in [5.74, 6) is -0.0482. The SMILES string of the molecule is CCCS(=O)(=O)c1nc(S(=O)(=O)c2ccc(C)cc2)c(NC2CCCCC2)s1. The Hall–Kier alpha value is -1.45. The van der Waals surface area contributed by atoms with E-state index in [1.807, 2.05) is 6.92 Å². The fourth-order valence-electron chi connectivity index (χ4n) is 3.31. The summed E-state index contributed by atoms with van der Waals surface area (Å²) in [6.07, 6.45) is 5.67. The first-order valence-corrected chi connectivity index (χ1v) is 13.5. The number of anilines is 1. The first kappa shape index (κ1) is 21.3. The molecule has 154 valence electrons. The van der Waals surface area contributed by atoms with E-state index in [0.29, 0.717) is 11.4 Å². The van der Waals surface area contributed by atoms with Crippen LogP contribution in [0.5, 0.6) is 0 Å². The number of nitrogens with zero attached hydrogens (tertiary/aromatic N) is 1. The molecule has 1 aromatic carbocycles. The van der Waals surface area contributed by atoms with Crippen LogP contribution in [0.4, 0.5) is 5.00 Å². The predicted octanol–water partition coefficient (Wildman–Crippen LogP) is 4.21. The Kier molecular flexibility index (Phi) is 6.46. The monoisotopic (exact) mass is 442 g/mol. The maximum atomic E-state index is 13.2. The summed E-state index contributed by atoms with van der Waals surface area (Å²) < 4.78 is 51.4. The number of hydrogen-bond acceptors (Lipinski definition) is 7. The van der Waals surface area contributed by atoms with Crippen molar-refractivity contribution in [3.05, 3.63) is 29.8 Å². The van der Waals surface area contributed by atoms with Crippen molar-refractivity contribution in [3.8, 4) is 0 Å². The third-order valence-corrected chi connectivity index (χ3v) is 10.0. The Balaban J connectivity index is 2.06. The molecule has 0 saturated heterocycles. The zero-order valence-electron chi connectivity index (χ0n) is 16.1. The number of aryl methyl sites for hydroxylation is 1.